The van der Waals surface area contributed by atoms with Gasteiger partial charge in [0.15, 0.2) is 0 Å². The van der Waals surface area contributed by atoms with E-state index in [2.05, 4.69) is 35.7 Å². The lowest BCUT2D eigenvalue weighted by Gasteiger charge is -2.07. The van der Waals surface area contributed by atoms with Gasteiger partial charge in [0.1, 0.15) is 0 Å². The largest absolute Gasteiger partial charge is 0.346 e. The van der Waals surface area contributed by atoms with Crippen molar-refractivity contribution in [1.29, 1.82) is 0 Å². The van der Waals surface area contributed by atoms with E-state index in [9.17, 15) is 8.42 Å². The number of sulfone groups is 1. The normalized spacial score (nSPS) is 9.19. The summed E-state index contributed by atoms with van der Waals surface area (Å²) in [7, 11) is 4.21. The maximum absolute atomic E-state index is 10.8. The first-order valence-corrected chi connectivity index (χ1v) is 8.79. The fourth-order valence-electron chi connectivity index (χ4n) is 1.08. The lowest BCUT2D eigenvalue weighted by molar-refractivity contribution is 0.588. The molecule has 11 heteroatoms. The lowest BCUT2D eigenvalue weighted by Crippen LogP contribution is -2.13. The van der Waals surface area contributed by atoms with Crippen molar-refractivity contribution in [2.75, 3.05) is 39.3 Å². The summed E-state index contributed by atoms with van der Waals surface area (Å²) in [4.78, 5) is 9.63. The van der Waals surface area contributed by atoms with Gasteiger partial charge in [0.25, 0.3) is 5.16 Å². The number of aromatic nitrogens is 6. The Morgan fingerprint density at radius 2 is 1.35 bits per heavy atom. The number of anilines is 1. The van der Waals surface area contributed by atoms with Gasteiger partial charge in [-0.05, 0) is 27.9 Å². The molecule has 0 unspecified atom stereocenters. The average Bonchev–Trinajstić information content (AvgIpc) is 2.48. The van der Waals surface area contributed by atoms with Crippen LogP contribution in [-0.2, 0) is 9.84 Å². The molecule has 1 N–H and O–H groups in total. The minimum Gasteiger partial charge on any atom is -0.346 e. The quantitative estimate of drug-likeness (QED) is 0.793. The van der Waals surface area contributed by atoms with Crippen molar-refractivity contribution >= 4 is 15.8 Å². The number of nitrogens with zero attached hydrogens (tertiary/aromatic N) is 7. The third-order valence-corrected chi connectivity index (χ3v) is 2.90. The minimum atomic E-state index is -3.31. The van der Waals surface area contributed by atoms with Gasteiger partial charge in [-0.15, -0.1) is 10.2 Å². The molecule has 10 nitrogen and oxygen atoms in total. The molecule has 0 aromatic carbocycles. The smallest absolute Gasteiger partial charge is 0.267 e. The highest BCUT2D eigenvalue weighted by Crippen LogP contribution is 1.99. The van der Waals surface area contributed by atoms with Crippen LogP contribution in [0, 0.1) is 13.8 Å². The van der Waals surface area contributed by atoms with E-state index >= 15 is 0 Å². The highest BCUT2D eigenvalue weighted by atomic mass is 32.2. The molecule has 0 spiro atoms. The molecular formula is C15H32N8O2S. The zero-order chi connectivity index (χ0) is 18.8. The van der Waals surface area contributed by atoms with Gasteiger partial charge in [0.2, 0.25) is 15.8 Å². The van der Waals surface area contributed by atoms with E-state index in [0.29, 0.717) is 11.6 Å². The SMILES string of the molecule is C.C.CNC.Cc1cnnc(N(C)C)n1.Cc1cnnc(S(C)(=O)=O)n1. The molecule has 0 fully saturated rings. The number of aryl methyl sites for hydroxylation is 2. The fourth-order valence-corrected chi connectivity index (χ4v) is 1.59. The number of rotatable bonds is 2. The van der Waals surface area contributed by atoms with Gasteiger partial charge in [0.05, 0.1) is 23.8 Å². The summed E-state index contributed by atoms with van der Waals surface area (Å²) in [6, 6.07) is 0. The average molecular weight is 389 g/mol. The van der Waals surface area contributed by atoms with Crippen LogP contribution in [0.15, 0.2) is 17.6 Å². The van der Waals surface area contributed by atoms with Crippen molar-refractivity contribution in [1.82, 2.24) is 35.7 Å². The van der Waals surface area contributed by atoms with Crippen LogP contribution in [0.3, 0.4) is 0 Å². The molecule has 0 atom stereocenters. The second kappa shape index (κ2) is 14.0. The maximum atomic E-state index is 10.8. The van der Waals surface area contributed by atoms with Crippen molar-refractivity contribution < 1.29 is 8.42 Å². The van der Waals surface area contributed by atoms with Gasteiger partial charge < -0.3 is 10.2 Å². The van der Waals surface area contributed by atoms with Crippen LogP contribution in [0.5, 0.6) is 0 Å². The van der Waals surface area contributed by atoms with E-state index in [1.807, 2.05) is 40.0 Å². The Labute approximate surface area is 157 Å². The Hall–Kier alpha value is -2.27. The van der Waals surface area contributed by atoms with Crippen molar-refractivity contribution in [3.63, 3.8) is 0 Å². The van der Waals surface area contributed by atoms with Gasteiger partial charge in [-0.1, -0.05) is 14.9 Å². The van der Waals surface area contributed by atoms with E-state index < -0.39 is 9.84 Å². The highest BCUT2D eigenvalue weighted by Gasteiger charge is 2.10. The molecule has 0 radical (unpaired) electrons. The van der Waals surface area contributed by atoms with Gasteiger partial charge in [-0.3, -0.25) is 0 Å². The van der Waals surface area contributed by atoms with E-state index in [0.717, 1.165) is 11.9 Å². The Bertz CT molecular complexity index is 723. The van der Waals surface area contributed by atoms with Crippen LogP contribution in [0.2, 0.25) is 0 Å². The second-order valence-corrected chi connectivity index (χ2v) is 6.85. The Kier molecular flexibility index (Phi) is 15.3. The molecule has 2 aromatic heterocycles. The minimum absolute atomic E-state index is 0. The predicted molar refractivity (Wildman–Crippen MR) is 105 cm³/mol. The molecule has 0 aliphatic carbocycles. The van der Waals surface area contributed by atoms with E-state index in [1.165, 1.54) is 6.20 Å². The van der Waals surface area contributed by atoms with Crippen LogP contribution < -0.4 is 10.2 Å². The maximum Gasteiger partial charge on any atom is 0.267 e. The first-order valence-electron chi connectivity index (χ1n) is 6.90. The van der Waals surface area contributed by atoms with Crippen molar-refractivity contribution in [2.24, 2.45) is 0 Å². The zero-order valence-corrected chi connectivity index (χ0v) is 15.8. The molecule has 2 aromatic rings. The molecular weight excluding hydrogens is 356 g/mol. The number of hydrogen-bond donors (Lipinski definition) is 1. The second-order valence-electron chi connectivity index (χ2n) is 4.94. The van der Waals surface area contributed by atoms with Crippen LogP contribution in [0.4, 0.5) is 5.95 Å². The van der Waals surface area contributed by atoms with Gasteiger partial charge in [0, 0.05) is 20.4 Å². The third-order valence-electron chi connectivity index (χ3n) is 2.06. The summed E-state index contributed by atoms with van der Waals surface area (Å²) < 4.78 is 21.6. The zero-order valence-electron chi connectivity index (χ0n) is 15.0. The van der Waals surface area contributed by atoms with Crippen LogP contribution in [0.25, 0.3) is 0 Å². The number of hydrogen-bond acceptors (Lipinski definition) is 10. The molecule has 2 heterocycles. The van der Waals surface area contributed by atoms with Crippen molar-refractivity contribution in [2.45, 2.75) is 33.9 Å². The molecule has 0 aliphatic heterocycles. The summed E-state index contributed by atoms with van der Waals surface area (Å²) in [6.45, 7) is 3.55. The lowest BCUT2D eigenvalue weighted by atomic mass is 10.5. The van der Waals surface area contributed by atoms with Gasteiger partial charge in [-0.25, -0.2) is 18.4 Å². The van der Waals surface area contributed by atoms with E-state index in [4.69, 9.17) is 0 Å². The monoisotopic (exact) mass is 388 g/mol. The molecule has 0 amide bonds. The van der Waals surface area contributed by atoms with Crippen LogP contribution in [-0.4, -0.2) is 73.2 Å². The molecule has 26 heavy (non-hydrogen) atoms. The highest BCUT2D eigenvalue weighted by molar-refractivity contribution is 7.90. The van der Waals surface area contributed by atoms with Crippen LogP contribution in [0.1, 0.15) is 26.2 Å². The standard InChI is InChI=1S/C6H10N4.C5H7N3O2S.C2H7N.2CH4/c1-5-4-7-9-6(8-5)10(2)3;1-4-3-6-8-5(7-4)11(2,9)10;1-3-2;;/h4H,1-3H3;3H,1-2H3;3H,1-2H3;2*1H4. The molecule has 0 saturated carbocycles. The molecule has 0 saturated heterocycles. The third kappa shape index (κ3) is 12.1. The van der Waals surface area contributed by atoms with Crippen LogP contribution >= 0.6 is 0 Å². The first-order chi connectivity index (χ1) is 11.1. The summed E-state index contributed by atoms with van der Waals surface area (Å²) in [5.41, 5.74) is 1.43. The molecule has 0 aliphatic rings. The predicted octanol–water partition coefficient (Wildman–Crippen LogP) is 0.937. The fraction of sp³-hybridized carbons (Fsp3) is 0.600. The Morgan fingerprint density at radius 3 is 1.62 bits per heavy atom. The van der Waals surface area contributed by atoms with Gasteiger partial charge >= 0.3 is 0 Å². The summed E-state index contributed by atoms with van der Waals surface area (Å²) in [5.74, 6) is 0.653. The van der Waals surface area contributed by atoms with Crippen molar-refractivity contribution in [3.8, 4) is 0 Å². The van der Waals surface area contributed by atoms with Crippen molar-refractivity contribution in [3.05, 3.63) is 23.8 Å². The van der Waals surface area contributed by atoms with E-state index in [1.54, 1.807) is 13.1 Å². The number of nitrogens with one attached hydrogen (secondary N) is 1. The molecule has 150 valence electrons. The van der Waals surface area contributed by atoms with E-state index in [-0.39, 0.29) is 20.0 Å². The Balaban J connectivity index is -0.000000332. The Morgan fingerprint density at radius 1 is 0.923 bits per heavy atom. The topological polar surface area (TPSA) is 127 Å². The first kappa shape index (κ1) is 28.5. The molecule has 0 bridgehead atoms. The molecule has 2 rings (SSSR count). The summed E-state index contributed by atoms with van der Waals surface area (Å²) >= 11 is 0. The van der Waals surface area contributed by atoms with Gasteiger partial charge in [-0.2, -0.15) is 10.2 Å². The summed E-state index contributed by atoms with van der Waals surface area (Å²) in [5, 5.41) is 16.9. The summed E-state index contributed by atoms with van der Waals surface area (Å²) in [6.07, 6.45) is 4.07.